The number of benzene rings is 2. The molecule has 3 rings (SSSR count). The van der Waals surface area contributed by atoms with Crippen molar-refractivity contribution < 1.29 is 4.79 Å². The molecule has 1 N–H and O–H groups in total. The second-order valence-electron chi connectivity index (χ2n) is 6.14. The first kappa shape index (κ1) is 16.2. The molecule has 0 aliphatic carbocycles. The van der Waals surface area contributed by atoms with E-state index < -0.39 is 0 Å². The highest BCUT2D eigenvalue weighted by molar-refractivity contribution is 5.94. The molecule has 1 saturated heterocycles. The van der Waals surface area contributed by atoms with Crippen molar-refractivity contribution in [1.82, 2.24) is 10.2 Å². The number of carbonyl (C=O) groups excluding carboxylic acids is 1. The zero-order valence-electron chi connectivity index (χ0n) is 13.6. The number of nitrogens with one attached hydrogen (secondary N) is 1. The van der Waals surface area contributed by atoms with Gasteiger partial charge < -0.3 is 10.2 Å². The highest BCUT2D eigenvalue weighted by Crippen LogP contribution is 2.18. The molecular weight excluding hydrogens is 298 g/mol. The smallest absolute Gasteiger partial charge is 0.251 e. The molecule has 1 atom stereocenters. The average Bonchev–Trinajstić information content (AvgIpc) is 3.15. The Bertz CT molecular complexity index is 730. The van der Waals surface area contributed by atoms with Crippen LogP contribution < -0.4 is 5.32 Å². The van der Waals surface area contributed by atoms with Gasteiger partial charge in [-0.15, -0.1) is 0 Å². The van der Waals surface area contributed by atoms with Gasteiger partial charge in [0.2, 0.25) is 0 Å². The maximum Gasteiger partial charge on any atom is 0.251 e. The van der Waals surface area contributed by atoms with Crippen LogP contribution in [0.3, 0.4) is 0 Å². The third-order valence-electron chi connectivity index (χ3n) is 4.40. The lowest BCUT2D eigenvalue weighted by atomic mass is 10.0. The van der Waals surface area contributed by atoms with Gasteiger partial charge in [0, 0.05) is 12.1 Å². The van der Waals surface area contributed by atoms with Crippen molar-refractivity contribution >= 4 is 5.91 Å². The fourth-order valence-electron chi connectivity index (χ4n) is 3.11. The zero-order valence-corrected chi connectivity index (χ0v) is 13.6. The largest absolute Gasteiger partial charge is 0.344 e. The number of hydrogen-bond acceptors (Lipinski definition) is 3. The summed E-state index contributed by atoms with van der Waals surface area (Å²) in [6.45, 7) is 2.99. The molecule has 1 heterocycles. The number of nitrogens with zero attached hydrogens (tertiary/aromatic N) is 2. The predicted molar refractivity (Wildman–Crippen MR) is 93.5 cm³/mol. The van der Waals surface area contributed by atoms with E-state index in [1.165, 1.54) is 12.8 Å². The van der Waals surface area contributed by atoms with Gasteiger partial charge >= 0.3 is 0 Å². The van der Waals surface area contributed by atoms with Crippen LogP contribution in [0.15, 0.2) is 54.6 Å². The summed E-state index contributed by atoms with van der Waals surface area (Å²) in [5.74, 6) is -0.139. The summed E-state index contributed by atoms with van der Waals surface area (Å²) in [4.78, 5) is 15.0. The molecule has 1 unspecified atom stereocenters. The summed E-state index contributed by atoms with van der Waals surface area (Å²) in [7, 11) is 0. The van der Waals surface area contributed by atoms with Gasteiger partial charge in [0.15, 0.2) is 0 Å². The number of nitriles is 1. The van der Waals surface area contributed by atoms with Crippen molar-refractivity contribution in [1.29, 1.82) is 5.26 Å². The Kier molecular flexibility index (Phi) is 5.25. The van der Waals surface area contributed by atoms with Gasteiger partial charge in [0.05, 0.1) is 17.7 Å². The fourth-order valence-corrected chi connectivity index (χ4v) is 3.11. The van der Waals surface area contributed by atoms with E-state index >= 15 is 0 Å². The van der Waals surface area contributed by atoms with Crippen LogP contribution in [-0.2, 0) is 0 Å². The van der Waals surface area contributed by atoms with Crippen LogP contribution in [0.25, 0.3) is 0 Å². The third kappa shape index (κ3) is 4.01. The number of amides is 1. The van der Waals surface area contributed by atoms with Crippen molar-refractivity contribution in [2.45, 2.75) is 18.9 Å². The zero-order chi connectivity index (χ0) is 16.8. The van der Waals surface area contributed by atoms with Gasteiger partial charge in [-0.3, -0.25) is 4.79 Å². The second kappa shape index (κ2) is 7.76. The number of carbonyl (C=O) groups is 1. The van der Waals surface area contributed by atoms with Crippen LogP contribution in [0.2, 0.25) is 0 Å². The first-order valence-electron chi connectivity index (χ1n) is 8.34. The average molecular weight is 319 g/mol. The summed E-state index contributed by atoms with van der Waals surface area (Å²) in [5.41, 5.74) is 2.13. The maximum atomic E-state index is 12.6. The topological polar surface area (TPSA) is 56.1 Å². The van der Waals surface area contributed by atoms with Gasteiger partial charge in [-0.1, -0.05) is 36.4 Å². The summed E-state index contributed by atoms with van der Waals surface area (Å²) in [6.07, 6.45) is 2.44. The molecule has 0 saturated carbocycles. The molecular formula is C20H21N3O. The lowest BCUT2D eigenvalue weighted by Gasteiger charge is -2.25. The van der Waals surface area contributed by atoms with Crippen molar-refractivity contribution in [3.8, 4) is 6.07 Å². The minimum absolute atomic E-state index is 0.0532. The van der Waals surface area contributed by atoms with Gasteiger partial charge in [-0.05, 0) is 49.7 Å². The maximum absolute atomic E-state index is 12.6. The van der Waals surface area contributed by atoms with Gasteiger partial charge in [-0.25, -0.2) is 0 Å². The van der Waals surface area contributed by atoms with E-state index in [1.807, 2.05) is 30.3 Å². The van der Waals surface area contributed by atoms with E-state index in [2.05, 4.69) is 16.3 Å². The SMILES string of the molecule is N#Cc1cccc(C(=O)NC(CN2CCCC2)c2ccccc2)c1. The summed E-state index contributed by atoms with van der Waals surface area (Å²) >= 11 is 0. The van der Waals surface area contributed by atoms with Gasteiger partial charge in [0.25, 0.3) is 5.91 Å². The van der Waals surface area contributed by atoms with E-state index in [0.717, 1.165) is 25.2 Å². The fraction of sp³-hybridized carbons (Fsp3) is 0.300. The van der Waals surface area contributed by atoms with Crippen LogP contribution in [0.1, 0.15) is 40.4 Å². The van der Waals surface area contributed by atoms with E-state index in [0.29, 0.717) is 11.1 Å². The molecule has 0 radical (unpaired) electrons. The minimum Gasteiger partial charge on any atom is -0.344 e. The Morgan fingerprint density at radius 3 is 2.58 bits per heavy atom. The van der Waals surface area contributed by atoms with Crippen LogP contribution in [0.5, 0.6) is 0 Å². The quantitative estimate of drug-likeness (QED) is 0.921. The van der Waals surface area contributed by atoms with Crippen molar-refractivity contribution in [2.75, 3.05) is 19.6 Å². The molecule has 24 heavy (non-hydrogen) atoms. The van der Waals surface area contributed by atoms with Crippen LogP contribution in [-0.4, -0.2) is 30.4 Å². The lowest BCUT2D eigenvalue weighted by Crippen LogP contribution is -2.37. The summed E-state index contributed by atoms with van der Waals surface area (Å²) < 4.78 is 0. The summed E-state index contributed by atoms with van der Waals surface area (Å²) in [5, 5.41) is 12.1. The molecule has 0 aromatic heterocycles. The lowest BCUT2D eigenvalue weighted by molar-refractivity contribution is 0.0927. The molecule has 4 heteroatoms. The van der Waals surface area contributed by atoms with Crippen molar-refractivity contribution in [2.24, 2.45) is 0 Å². The van der Waals surface area contributed by atoms with Crippen LogP contribution >= 0.6 is 0 Å². The third-order valence-corrected chi connectivity index (χ3v) is 4.40. The highest BCUT2D eigenvalue weighted by atomic mass is 16.1. The Morgan fingerprint density at radius 2 is 1.88 bits per heavy atom. The van der Waals surface area contributed by atoms with Gasteiger partial charge in [-0.2, -0.15) is 5.26 Å². The first-order chi connectivity index (χ1) is 11.8. The molecule has 2 aromatic rings. The molecule has 4 nitrogen and oxygen atoms in total. The Morgan fingerprint density at radius 1 is 1.12 bits per heavy atom. The Hall–Kier alpha value is -2.64. The Labute approximate surface area is 142 Å². The molecule has 1 aliphatic heterocycles. The minimum atomic E-state index is -0.139. The molecule has 122 valence electrons. The molecule has 0 bridgehead atoms. The monoisotopic (exact) mass is 319 g/mol. The molecule has 1 fully saturated rings. The van der Waals surface area contributed by atoms with E-state index in [9.17, 15) is 4.79 Å². The van der Waals surface area contributed by atoms with E-state index in [-0.39, 0.29) is 11.9 Å². The highest BCUT2D eigenvalue weighted by Gasteiger charge is 2.21. The normalized spacial score (nSPS) is 15.6. The number of hydrogen-bond donors (Lipinski definition) is 1. The predicted octanol–water partition coefficient (Wildman–Crippen LogP) is 3.13. The standard InChI is InChI=1S/C20H21N3O/c21-14-16-7-6-10-18(13-16)20(24)22-19(15-23-11-4-5-12-23)17-8-2-1-3-9-17/h1-3,6-10,13,19H,4-5,11-12,15H2,(H,22,24). The molecule has 2 aromatic carbocycles. The second-order valence-corrected chi connectivity index (χ2v) is 6.14. The number of rotatable bonds is 5. The van der Waals surface area contributed by atoms with E-state index in [4.69, 9.17) is 5.26 Å². The Balaban J connectivity index is 1.77. The van der Waals surface area contributed by atoms with Crippen molar-refractivity contribution in [3.63, 3.8) is 0 Å². The molecule has 1 amide bonds. The van der Waals surface area contributed by atoms with Crippen molar-refractivity contribution in [3.05, 3.63) is 71.3 Å². The molecule has 1 aliphatic rings. The summed E-state index contributed by atoms with van der Waals surface area (Å²) in [6, 6.07) is 18.9. The first-order valence-corrected chi connectivity index (χ1v) is 8.34. The van der Waals surface area contributed by atoms with Crippen LogP contribution in [0.4, 0.5) is 0 Å². The molecule has 0 spiro atoms. The van der Waals surface area contributed by atoms with E-state index in [1.54, 1.807) is 24.3 Å². The van der Waals surface area contributed by atoms with Crippen LogP contribution in [0, 0.1) is 11.3 Å². The van der Waals surface area contributed by atoms with Gasteiger partial charge in [0.1, 0.15) is 0 Å². The number of likely N-dealkylation sites (tertiary alicyclic amines) is 1.